The van der Waals surface area contributed by atoms with Crippen molar-refractivity contribution in [1.29, 1.82) is 0 Å². The number of likely N-dealkylation sites (N-methyl/N-ethyl adjacent to an activating group) is 1. The fraction of sp³-hybridized carbons (Fsp3) is 0.405. The molecule has 57 heavy (non-hydrogen) atoms. The summed E-state index contributed by atoms with van der Waals surface area (Å²) in [6.45, 7) is 15.6. The van der Waals surface area contributed by atoms with E-state index in [1.165, 1.54) is 17.0 Å². The first-order chi connectivity index (χ1) is 26.7. The molecule has 0 bridgehead atoms. The second kappa shape index (κ2) is 18.6. The van der Waals surface area contributed by atoms with E-state index in [1.807, 2.05) is 38.1 Å². The van der Waals surface area contributed by atoms with Crippen LogP contribution in [0.1, 0.15) is 78.0 Å². The van der Waals surface area contributed by atoms with Crippen LogP contribution in [-0.2, 0) is 36.3 Å². The molecule has 306 valence electrons. The van der Waals surface area contributed by atoms with E-state index >= 15 is 4.39 Å². The molecule has 0 saturated carbocycles. The molecular weight excluding hydrogens is 754 g/mol. The van der Waals surface area contributed by atoms with Gasteiger partial charge in [0.2, 0.25) is 5.91 Å². The minimum atomic E-state index is -1.36. The van der Waals surface area contributed by atoms with Crippen LogP contribution in [0.15, 0.2) is 71.8 Å². The molecule has 4 amide bonds. The molecule has 2 N–H and O–H groups in total. The number of benzene rings is 3. The van der Waals surface area contributed by atoms with Gasteiger partial charge in [0.1, 0.15) is 17.0 Å². The number of rotatable bonds is 12. The average Bonchev–Trinajstić information content (AvgIpc) is 3.12. The Morgan fingerprint density at radius 3 is 2.14 bits per heavy atom. The third kappa shape index (κ3) is 12.2. The smallest absolute Gasteiger partial charge is 0.425 e. The van der Waals surface area contributed by atoms with Gasteiger partial charge in [-0.1, -0.05) is 38.1 Å². The minimum Gasteiger partial charge on any atom is -0.449 e. The van der Waals surface area contributed by atoms with Crippen LogP contribution in [0.4, 0.5) is 36.0 Å². The highest BCUT2D eigenvalue weighted by molar-refractivity contribution is 7.85. The fourth-order valence-corrected chi connectivity index (χ4v) is 6.69. The van der Waals surface area contributed by atoms with Gasteiger partial charge in [0, 0.05) is 52.3 Å². The van der Waals surface area contributed by atoms with E-state index in [4.69, 9.17) is 14.2 Å². The Labute approximate surface area is 335 Å². The number of amides is 4. The van der Waals surface area contributed by atoms with Crippen molar-refractivity contribution in [3.8, 4) is 0 Å². The summed E-state index contributed by atoms with van der Waals surface area (Å²) in [7, 11) is 0.231. The zero-order valence-corrected chi connectivity index (χ0v) is 35.0. The first-order valence-corrected chi connectivity index (χ1v) is 19.8. The van der Waals surface area contributed by atoms with Gasteiger partial charge >= 0.3 is 18.3 Å². The number of nitrogens with zero attached hydrogens (tertiary/aromatic N) is 3. The topological polar surface area (TPSA) is 156 Å². The van der Waals surface area contributed by atoms with E-state index in [0.717, 1.165) is 17.3 Å². The predicted molar refractivity (Wildman–Crippen MR) is 220 cm³/mol. The highest BCUT2D eigenvalue weighted by Gasteiger charge is 2.35. The van der Waals surface area contributed by atoms with Gasteiger partial charge in [-0.05, 0) is 102 Å². The van der Waals surface area contributed by atoms with Crippen LogP contribution < -0.4 is 15.5 Å². The van der Waals surface area contributed by atoms with Crippen molar-refractivity contribution in [3.63, 3.8) is 0 Å². The quantitative estimate of drug-likeness (QED) is 0.133. The third-order valence-electron chi connectivity index (χ3n) is 8.46. The molecule has 1 heterocycles. The average molecular weight is 806 g/mol. The third-order valence-corrected chi connectivity index (χ3v) is 9.87. The number of nitrogens with one attached hydrogen (secondary N) is 2. The molecule has 4 rings (SSSR count). The number of pyridine rings is 1. The lowest BCUT2D eigenvalue weighted by atomic mass is 9.97. The van der Waals surface area contributed by atoms with Gasteiger partial charge in [0.15, 0.2) is 5.82 Å². The lowest BCUT2D eigenvalue weighted by Gasteiger charge is -2.28. The lowest BCUT2D eigenvalue weighted by molar-refractivity contribution is -0.128. The molecule has 0 radical (unpaired) electrons. The molecule has 0 aliphatic rings. The number of hydrogen-bond donors (Lipinski definition) is 2. The predicted octanol–water partition coefficient (Wildman–Crippen LogP) is 8.91. The zero-order chi connectivity index (χ0) is 42.2. The molecule has 0 saturated heterocycles. The van der Waals surface area contributed by atoms with Crippen LogP contribution in [0, 0.1) is 12.7 Å². The Kier molecular flexibility index (Phi) is 14.4. The summed E-state index contributed by atoms with van der Waals surface area (Å²) in [6.07, 6.45) is -1.86. The van der Waals surface area contributed by atoms with E-state index < -0.39 is 46.1 Å². The van der Waals surface area contributed by atoms with Crippen LogP contribution in [0.25, 0.3) is 10.8 Å². The summed E-state index contributed by atoms with van der Waals surface area (Å²) >= 11 is 0. The minimum absolute atomic E-state index is 0.0158. The van der Waals surface area contributed by atoms with Crippen LogP contribution in [0.2, 0.25) is 0 Å². The molecule has 15 heteroatoms. The summed E-state index contributed by atoms with van der Waals surface area (Å²) in [6, 6.07) is 17.3. The number of halogens is 1. The fourth-order valence-electron chi connectivity index (χ4n) is 5.74. The Morgan fingerprint density at radius 1 is 0.895 bits per heavy atom. The van der Waals surface area contributed by atoms with E-state index in [9.17, 15) is 23.4 Å². The second-order valence-corrected chi connectivity index (χ2v) is 17.2. The number of aryl methyl sites for hydroxylation is 1. The molecule has 0 aliphatic heterocycles. The van der Waals surface area contributed by atoms with Gasteiger partial charge in [0.25, 0.3) is 0 Å². The summed E-state index contributed by atoms with van der Waals surface area (Å²) in [5.74, 6) is -0.941. The highest BCUT2D eigenvalue weighted by atomic mass is 32.2. The molecule has 2 atom stereocenters. The Bertz CT molecular complexity index is 2120. The van der Waals surface area contributed by atoms with Gasteiger partial charge in [-0.3, -0.25) is 14.3 Å². The van der Waals surface area contributed by atoms with E-state index in [2.05, 4.69) is 15.6 Å². The summed E-state index contributed by atoms with van der Waals surface area (Å²) in [5, 5.41) is 5.87. The zero-order valence-electron chi connectivity index (χ0n) is 34.2. The maximum Gasteiger partial charge on any atom is 0.425 e. The molecule has 0 fully saturated rings. The SMILES string of the molecule is CCS(=O)c1ccc(NC(=O)OCC(C)c2ccccc2C)cc1CN(C)C(=O)CNc1ccc2c(N(C(=O)OC(C)(C)C)C(=O)OC(C)(C)C)ncc(F)c2c1. The van der Waals surface area contributed by atoms with Crippen LogP contribution in [0.3, 0.4) is 0 Å². The number of carbonyl (C=O) groups is 4. The maximum atomic E-state index is 15.3. The Hall–Kier alpha value is -5.57. The van der Waals surface area contributed by atoms with E-state index in [-0.39, 0.29) is 48.1 Å². The molecule has 0 aliphatic carbocycles. The van der Waals surface area contributed by atoms with E-state index in [1.54, 1.807) is 79.8 Å². The number of carbonyl (C=O) groups excluding carboxylic acids is 4. The molecule has 3 aromatic carbocycles. The molecule has 2 unspecified atom stereocenters. The van der Waals surface area contributed by atoms with Crippen molar-refractivity contribution in [2.75, 3.05) is 41.5 Å². The van der Waals surface area contributed by atoms with Gasteiger partial charge < -0.3 is 24.4 Å². The van der Waals surface area contributed by atoms with Gasteiger partial charge in [-0.2, -0.15) is 4.90 Å². The van der Waals surface area contributed by atoms with Gasteiger partial charge in [0.05, 0.1) is 30.1 Å². The Morgan fingerprint density at radius 2 is 1.53 bits per heavy atom. The summed E-state index contributed by atoms with van der Waals surface area (Å²) < 4.78 is 44.6. The van der Waals surface area contributed by atoms with E-state index in [0.29, 0.717) is 32.5 Å². The summed E-state index contributed by atoms with van der Waals surface area (Å²) in [5.41, 5.74) is 1.62. The molecule has 13 nitrogen and oxygen atoms in total. The number of anilines is 3. The van der Waals surface area contributed by atoms with Crippen molar-refractivity contribution < 1.29 is 42.0 Å². The molecular formula is C42H52FN5O8S. The number of hydrogen-bond acceptors (Lipinski definition) is 10. The van der Waals surface area contributed by atoms with Crippen molar-refractivity contribution >= 4 is 63.0 Å². The van der Waals surface area contributed by atoms with Crippen molar-refractivity contribution in [3.05, 3.63) is 89.4 Å². The molecule has 0 spiro atoms. The van der Waals surface area contributed by atoms with Gasteiger partial charge in [-0.15, -0.1) is 0 Å². The summed E-state index contributed by atoms with van der Waals surface area (Å²) in [4.78, 5) is 59.3. The second-order valence-electron chi connectivity index (χ2n) is 15.5. The van der Waals surface area contributed by atoms with Crippen molar-refractivity contribution in [2.24, 2.45) is 0 Å². The normalized spacial score (nSPS) is 12.6. The number of fused-ring (bicyclic) bond motifs is 1. The van der Waals surface area contributed by atoms with Crippen molar-refractivity contribution in [2.45, 2.75) is 90.9 Å². The molecule has 4 aromatic rings. The highest BCUT2D eigenvalue weighted by Crippen LogP contribution is 2.31. The number of aromatic nitrogens is 1. The van der Waals surface area contributed by atoms with Gasteiger partial charge in [-0.25, -0.2) is 23.8 Å². The van der Waals surface area contributed by atoms with Crippen LogP contribution >= 0.6 is 0 Å². The monoisotopic (exact) mass is 805 g/mol. The standard InChI is InChI=1S/C42H52FN5O8S/c1-11-57(53)35-19-17-30(46-38(50)54-25-27(3)31-15-13-12-14-26(31)2)20-28(35)24-47(10)36(49)23-44-29-16-18-32-33(21-29)34(43)22-45-37(32)48(39(51)55-41(4,5)6)40(52)56-42(7,8)9/h12-22,27,44H,11,23-25H2,1-10H3,(H,46,50). The van der Waals surface area contributed by atoms with Crippen molar-refractivity contribution in [1.82, 2.24) is 9.88 Å². The first-order valence-electron chi connectivity index (χ1n) is 18.5. The number of imide groups is 1. The lowest BCUT2D eigenvalue weighted by Crippen LogP contribution is -2.44. The number of ether oxygens (including phenoxy) is 3. The molecule has 1 aromatic heterocycles. The van der Waals surface area contributed by atoms with Crippen LogP contribution in [0.5, 0.6) is 0 Å². The first kappa shape index (κ1) is 44.1. The maximum absolute atomic E-state index is 15.3. The largest absolute Gasteiger partial charge is 0.449 e. The van der Waals surface area contributed by atoms with Crippen LogP contribution in [-0.4, -0.2) is 75.4 Å². The Balaban J connectivity index is 1.48.